The van der Waals surface area contributed by atoms with Crippen molar-refractivity contribution in [2.75, 3.05) is 13.1 Å². The molecule has 3 fully saturated rings. The zero-order chi connectivity index (χ0) is 13.2. The Labute approximate surface area is 119 Å². The summed E-state index contributed by atoms with van der Waals surface area (Å²) in [5, 5.41) is 3.75. The molecule has 2 nitrogen and oxygen atoms in total. The van der Waals surface area contributed by atoms with E-state index in [4.69, 9.17) is 0 Å². The molecule has 3 aliphatic rings. The number of likely N-dealkylation sites (tertiary alicyclic amines) is 1. The Bertz CT molecular complexity index is 275. The molecule has 2 unspecified atom stereocenters. The molecular weight excluding hydrogens is 232 g/mol. The van der Waals surface area contributed by atoms with Gasteiger partial charge in [0, 0.05) is 18.1 Å². The molecule has 0 bridgehead atoms. The Balaban J connectivity index is 1.56. The van der Waals surface area contributed by atoms with E-state index in [1.165, 1.54) is 64.5 Å². The van der Waals surface area contributed by atoms with Crippen LogP contribution in [0.25, 0.3) is 0 Å². The number of hydrogen-bond acceptors (Lipinski definition) is 2. The van der Waals surface area contributed by atoms with Crippen LogP contribution in [0.1, 0.15) is 65.2 Å². The maximum Gasteiger partial charge on any atom is 0.0252 e. The normalized spacial score (nSPS) is 41.2. The van der Waals surface area contributed by atoms with E-state index in [9.17, 15) is 0 Å². The minimum atomic E-state index is 0.810. The van der Waals surface area contributed by atoms with Crippen molar-refractivity contribution in [2.24, 2.45) is 11.8 Å². The number of rotatable bonds is 3. The lowest BCUT2D eigenvalue weighted by molar-refractivity contribution is 0.0979. The summed E-state index contributed by atoms with van der Waals surface area (Å²) < 4.78 is 0. The molecule has 2 atom stereocenters. The lowest BCUT2D eigenvalue weighted by Crippen LogP contribution is -2.49. The quantitative estimate of drug-likeness (QED) is 0.840. The van der Waals surface area contributed by atoms with Gasteiger partial charge in [0.25, 0.3) is 0 Å². The summed E-state index contributed by atoms with van der Waals surface area (Å²) in [6.07, 6.45) is 11.6. The molecule has 0 spiro atoms. The van der Waals surface area contributed by atoms with Crippen molar-refractivity contribution in [1.29, 1.82) is 0 Å². The molecule has 0 radical (unpaired) electrons. The monoisotopic (exact) mass is 264 g/mol. The van der Waals surface area contributed by atoms with Crippen LogP contribution in [0.5, 0.6) is 0 Å². The maximum atomic E-state index is 3.75. The van der Waals surface area contributed by atoms with Gasteiger partial charge in [-0.25, -0.2) is 0 Å². The molecule has 2 heteroatoms. The van der Waals surface area contributed by atoms with Crippen molar-refractivity contribution in [1.82, 2.24) is 10.2 Å². The SMILES string of the molecule is CC(C)C1CCC(N2CCCC2C2CCCN2)CC1. The summed E-state index contributed by atoms with van der Waals surface area (Å²) in [5.41, 5.74) is 0. The van der Waals surface area contributed by atoms with E-state index in [0.29, 0.717) is 0 Å². The zero-order valence-corrected chi connectivity index (χ0v) is 12.9. The minimum Gasteiger partial charge on any atom is -0.312 e. The summed E-state index contributed by atoms with van der Waals surface area (Å²) in [6, 6.07) is 2.58. The van der Waals surface area contributed by atoms with Gasteiger partial charge in [-0.15, -0.1) is 0 Å². The summed E-state index contributed by atoms with van der Waals surface area (Å²) in [4.78, 5) is 2.90. The fraction of sp³-hybridized carbons (Fsp3) is 1.00. The molecule has 1 saturated carbocycles. The van der Waals surface area contributed by atoms with Crippen molar-refractivity contribution >= 4 is 0 Å². The minimum absolute atomic E-state index is 0.810. The average Bonchev–Trinajstić information content (AvgIpc) is 3.09. The van der Waals surface area contributed by atoms with Crippen molar-refractivity contribution in [2.45, 2.75) is 83.3 Å². The first-order valence-corrected chi connectivity index (χ1v) is 8.75. The van der Waals surface area contributed by atoms with E-state index in [1.54, 1.807) is 0 Å². The number of hydrogen-bond donors (Lipinski definition) is 1. The lowest BCUT2D eigenvalue weighted by Gasteiger charge is -2.40. The van der Waals surface area contributed by atoms with Crippen molar-refractivity contribution in [3.8, 4) is 0 Å². The highest BCUT2D eigenvalue weighted by molar-refractivity contribution is 4.95. The van der Waals surface area contributed by atoms with Crippen molar-refractivity contribution < 1.29 is 0 Å². The molecule has 0 aromatic carbocycles. The van der Waals surface area contributed by atoms with Crippen LogP contribution in [0.3, 0.4) is 0 Å². The van der Waals surface area contributed by atoms with Crippen LogP contribution in [0.4, 0.5) is 0 Å². The molecule has 0 aromatic heterocycles. The van der Waals surface area contributed by atoms with Gasteiger partial charge < -0.3 is 5.32 Å². The third kappa shape index (κ3) is 3.00. The zero-order valence-electron chi connectivity index (χ0n) is 12.9. The number of nitrogens with one attached hydrogen (secondary N) is 1. The van der Waals surface area contributed by atoms with Gasteiger partial charge in [0.1, 0.15) is 0 Å². The Morgan fingerprint density at radius 3 is 2.37 bits per heavy atom. The maximum absolute atomic E-state index is 3.75. The first kappa shape index (κ1) is 13.9. The lowest BCUT2D eigenvalue weighted by atomic mass is 9.79. The molecule has 2 heterocycles. The fourth-order valence-electron chi connectivity index (χ4n) is 4.84. The highest BCUT2D eigenvalue weighted by Gasteiger charge is 2.38. The summed E-state index contributed by atoms with van der Waals surface area (Å²) >= 11 is 0. The molecule has 110 valence electrons. The third-order valence-corrected chi connectivity index (χ3v) is 6.06. The second kappa shape index (κ2) is 6.13. The first-order valence-electron chi connectivity index (χ1n) is 8.75. The Morgan fingerprint density at radius 2 is 1.74 bits per heavy atom. The van der Waals surface area contributed by atoms with Crippen LogP contribution >= 0.6 is 0 Å². The predicted octanol–water partition coefficient (Wildman–Crippen LogP) is 3.42. The molecule has 0 amide bonds. The third-order valence-electron chi connectivity index (χ3n) is 6.06. The molecule has 19 heavy (non-hydrogen) atoms. The summed E-state index contributed by atoms with van der Waals surface area (Å²) in [6.45, 7) is 7.45. The van der Waals surface area contributed by atoms with Crippen molar-refractivity contribution in [3.63, 3.8) is 0 Å². The first-order chi connectivity index (χ1) is 9.25. The van der Waals surface area contributed by atoms with E-state index in [-0.39, 0.29) is 0 Å². The second-order valence-electron chi connectivity index (χ2n) is 7.46. The van der Waals surface area contributed by atoms with E-state index in [1.807, 2.05) is 0 Å². The van der Waals surface area contributed by atoms with Crippen LogP contribution in [0, 0.1) is 11.8 Å². The van der Waals surface area contributed by atoms with Crippen LogP contribution in [0.15, 0.2) is 0 Å². The fourth-order valence-corrected chi connectivity index (χ4v) is 4.84. The molecule has 1 N–H and O–H groups in total. The topological polar surface area (TPSA) is 15.3 Å². The van der Waals surface area contributed by atoms with E-state index in [0.717, 1.165) is 30.0 Å². The summed E-state index contributed by atoms with van der Waals surface area (Å²) in [7, 11) is 0. The Hall–Kier alpha value is -0.0800. The molecule has 2 aliphatic heterocycles. The van der Waals surface area contributed by atoms with E-state index < -0.39 is 0 Å². The summed E-state index contributed by atoms with van der Waals surface area (Å²) in [5.74, 6) is 1.90. The molecule has 3 rings (SSSR count). The Kier molecular flexibility index (Phi) is 4.48. The average molecular weight is 264 g/mol. The Morgan fingerprint density at radius 1 is 0.947 bits per heavy atom. The van der Waals surface area contributed by atoms with Crippen LogP contribution in [0.2, 0.25) is 0 Å². The second-order valence-corrected chi connectivity index (χ2v) is 7.46. The van der Waals surface area contributed by atoms with Crippen LogP contribution in [-0.2, 0) is 0 Å². The standard InChI is InChI=1S/C17H32N2/c1-13(2)14-7-9-15(10-8-14)19-12-4-6-17(19)16-5-3-11-18-16/h13-18H,3-12H2,1-2H3. The van der Waals surface area contributed by atoms with Gasteiger partial charge in [-0.1, -0.05) is 13.8 Å². The van der Waals surface area contributed by atoms with Gasteiger partial charge in [-0.3, -0.25) is 4.90 Å². The van der Waals surface area contributed by atoms with Gasteiger partial charge in [0.05, 0.1) is 0 Å². The largest absolute Gasteiger partial charge is 0.312 e. The molecular formula is C17H32N2. The van der Waals surface area contributed by atoms with Gasteiger partial charge in [-0.2, -0.15) is 0 Å². The highest BCUT2D eigenvalue weighted by atomic mass is 15.2. The smallest absolute Gasteiger partial charge is 0.0252 e. The van der Waals surface area contributed by atoms with Gasteiger partial charge in [0.15, 0.2) is 0 Å². The van der Waals surface area contributed by atoms with Gasteiger partial charge in [-0.05, 0) is 76.3 Å². The van der Waals surface area contributed by atoms with Crippen LogP contribution in [-0.4, -0.2) is 36.1 Å². The highest BCUT2D eigenvalue weighted by Crippen LogP contribution is 2.36. The van der Waals surface area contributed by atoms with E-state index >= 15 is 0 Å². The number of nitrogens with zero attached hydrogens (tertiary/aromatic N) is 1. The van der Waals surface area contributed by atoms with Gasteiger partial charge >= 0.3 is 0 Å². The molecule has 1 aliphatic carbocycles. The van der Waals surface area contributed by atoms with E-state index in [2.05, 4.69) is 24.1 Å². The van der Waals surface area contributed by atoms with Crippen molar-refractivity contribution in [3.05, 3.63) is 0 Å². The molecule has 2 saturated heterocycles. The van der Waals surface area contributed by atoms with Crippen LogP contribution < -0.4 is 5.32 Å². The van der Waals surface area contributed by atoms with Gasteiger partial charge in [0.2, 0.25) is 0 Å². The predicted molar refractivity (Wildman–Crippen MR) is 81.3 cm³/mol. The molecule has 0 aromatic rings.